The van der Waals surface area contributed by atoms with Crippen LogP contribution in [0, 0.1) is 0 Å². The van der Waals surface area contributed by atoms with Gasteiger partial charge in [-0.25, -0.2) is 4.98 Å². The Labute approximate surface area is 100 Å². The van der Waals surface area contributed by atoms with E-state index in [9.17, 15) is 4.79 Å². The highest BCUT2D eigenvalue weighted by Gasteiger charge is 2.27. The van der Waals surface area contributed by atoms with Gasteiger partial charge in [-0.15, -0.1) is 0 Å². The van der Waals surface area contributed by atoms with Crippen molar-refractivity contribution in [3.8, 4) is 0 Å². The van der Waals surface area contributed by atoms with Gasteiger partial charge in [0.2, 0.25) is 5.95 Å². The largest absolute Gasteiger partial charge is 0.369 e. The molecular weight excluding hydrogens is 216 g/mol. The van der Waals surface area contributed by atoms with Crippen molar-refractivity contribution in [1.29, 1.82) is 0 Å². The molecule has 1 saturated carbocycles. The number of fused-ring (bicyclic) bond motifs is 1. The SMILES string of the molecule is Nc1nc2c(c(=O)[nH]1)CCN(C1CCCC1)C2. The van der Waals surface area contributed by atoms with Gasteiger partial charge in [-0.2, -0.15) is 0 Å². The molecule has 2 aliphatic rings. The molecule has 1 aliphatic carbocycles. The number of nitrogens with zero attached hydrogens (tertiary/aromatic N) is 2. The minimum atomic E-state index is -0.0569. The van der Waals surface area contributed by atoms with Crippen molar-refractivity contribution in [3.63, 3.8) is 0 Å². The summed E-state index contributed by atoms with van der Waals surface area (Å²) in [7, 11) is 0. The number of hydrogen-bond acceptors (Lipinski definition) is 4. The molecule has 0 spiro atoms. The molecule has 3 N–H and O–H groups in total. The predicted octanol–water partition coefficient (Wildman–Crippen LogP) is 0.653. The molecule has 1 aromatic rings. The van der Waals surface area contributed by atoms with Gasteiger partial charge in [0, 0.05) is 24.7 Å². The van der Waals surface area contributed by atoms with E-state index in [1.54, 1.807) is 0 Å². The zero-order chi connectivity index (χ0) is 11.8. The summed E-state index contributed by atoms with van der Waals surface area (Å²) >= 11 is 0. The van der Waals surface area contributed by atoms with Crippen LogP contribution in [0.15, 0.2) is 4.79 Å². The molecule has 92 valence electrons. The number of anilines is 1. The summed E-state index contributed by atoms with van der Waals surface area (Å²) in [6, 6.07) is 0.686. The maximum atomic E-state index is 11.7. The van der Waals surface area contributed by atoms with Crippen LogP contribution >= 0.6 is 0 Å². The highest BCUT2D eigenvalue weighted by atomic mass is 16.1. The molecule has 5 nitrogen and oxygen atoms in total. The highest BCUT2D eigenvalue weighted by Crippen LogP contribution is 2.27. The van der Waals surface area contributed by atoms with Gasteiger partial charge >= 0.3 is 0 Å². The first-order valence-electron chi connectivity index (χ1n) is 6.35. The van der Waals surface area contributed by atoms with E-state index in [1.165, 1.54) is 25.7 Å². The second-order valence-corrected chi connectivity index (χ2v) is 5.04. The van der Waals surface area contributed by atoms with E-state index in [0.717, 1.165) is 30.8 Å². The Kier molecular flexibility index (Phi) is 2.63. The van der Waals surface area contributed by atoms with E-state index >= 15 is 0 Å². The number of aromatic amines is 1. The zero-order valence-corrected chi connectivity index (χ0v) is 9.91. The van der Waals surface area contributed by atoms with E-state index in [2.05, 4.69) is 14.9 Å². The molecule has 0 atom stereocenters. The lowest BCUT2D eigenvalue weighted by Gasteiger charge is -2.32. The summed E-state index contributed by atoms with van der Waals surface area (Å²) < 4.78 is 0. The van der Waals surface area contributed by atoms with Crippen molar-refractivity contribution < 1.29 is 0 Å². The lowest BCUT2D eigenvalue weighted by Crippen LogP contribution is -2.40. The Hall–Kier alpha value is -1.36. The number of rotatable bonds is 1. The fraction of sp³-hybridized carbons (Fsp3) is 0.667. The molecule has 0 unspecified atom stereocenters. The Bertz CT molecular complexity index is 476. The maximum absolute atomic E-state index is 11.7. The molecule has 5 heteroatoms. The first kappa shape index (κ1) is 10.8. The standard InChI is InChI=1S/C12H18N4O/c13-12-14-10-7-16(8-3-1-2-4-8)6-5-9(10)11(17)15-12/h8H,1-7H2,(H3,13,14,15,17). The lowest BCUT2D eigenvalue weighted by molar-refractivity contribution is 0.177. The molecule has 17 heavy (non-hydrogen) atoms. The average molecular weight is 234 g/mol. The summed E-state index contributed by atoms with van der Waals surface area (Å²) in [5.41, 5.74) is 7.25. The molecule has 0 saturated heterocycles. The van der Waals surface area contributed by atoms with Crippen LogP contribution in [0.2, 0.25) is 0 Å². The smallest absolute Gasteiger partial charge is 0.255 e. The molecular formula is C12H18N4O. The van der Waals surface area contributed by atoms with Crippen LogP contribution in [0.1, 0.15) is 36.9 Å². The minimum Gasteiger partial charge on any atom is -0.369 e. The van der Waals surface area contributed by atoms with Crippen molar-refractivity contribution in [3.05, 3.63) is 21.6 Å². The van der Waals surface area contributed by atoms with Gasteiger partial charge in [-0.3, -0.25) is 14.7 Å². The third-order valence-electron chi connectivity index (χ3n) is 3.96. The van der Waals surface area contributed by atoms with E-state index in [4.69, 9.17) is 5.73 Å². The lowest BCUT2D eigenvalue weighted by atomic mass is 10.0. The fourth-order valence-electron chi connectivity index (χ4n) is 3.06. The van der Waals surface area contributed by atoms with Crippen LogP contribution in [0.5, 0.6) is 0 Å². The Morgan fingerprint density at radius 3 is 2.88 bits per heavy atom. The maximum Gasteiger partial charge on any atom is 0.255 e. The van der Waals surface area contributed by atoms with Crippen LogP contribution in [0.25, 0.3) is 0 Å². The van der Waals surface area contributed by atoms with Crippen molar-refractivity contribution in [1.82, 2.24) is 14.9 Å². The monoisotopic (exact) mass is 234 g/mol. The van der Waals surface area contributed by atoms with E-state index in [0.29, 0.717) is 6.04 Å². The quantitative estimate of drug-likeness (QED) is 0.748. The molecule has 0 radical (unpaired) electrons. The van der Waals surface area contributed by atoms with Crippen LogP contribution in [0.3, 0.4) is 0 Å². The number of nitrogens with one attached hydrogen (secondary N) is 1. The first-order valence-corrected chi connectivity index (χ1v) is 6.35. The number of hydrogen-bond donors (Lipinski definition) is 2. The molecule has 0 amide bonds. The molecule has 1 aliphatic heterocycles. The molecule has 0 aromatic carbocycles. The summed E-state index contributed by atoms with van der Waals surface area (Å²) in [6.45, 7) is 1.76. The summed E-state index contributed by atoms with van der Waals surface area (Å²) in [5, 5.41) is 0. The average Bonchev–Trinajstić information content (AvgIpc) is 2.81. The highest BCUT2D eigenvalue weighted by molar-refractivity contribution is 5.27. The second kappa shape index (κ2) is 4.14. The summed E-state index contributed by atoms with van der Waals surface area (Å²) in [5.74, 6) is 0.238. The van der Waals surface area contributed by atoms with E-state index in [1.807, 2.05) is 0 Å². The Morgan fingerprint density at radius 2 is 2.12 bits per heavy atom. The molecule has 1 fully saturated rings. The normalized spacial score (nSPS) is 21.6. The second-order valence-electron chi connectivity index (χ2n) is 5.04. The van der Waals surface area contributed by atoms with Gasteiger partial charge in [0.1, 0.15) is 0 Å². The van der Waals surface area contributed by atoms with Crippen LogP contribution in [0.4, 0.5) is 5.95 Å². The van der Waals surface area contributed by atoms with E-state index < -0.39 is 0 Å². The number of nitrogens with two attached hydrogens (primary N) is 1. The van der Waals surface area contributed by atoms with Gasteiger partial charge in [-0.05, 0) is 19.3 Å². The molecule has 0 bridgehead atoms. The van der Waals surface area contributed by atoms with Crippen molar-refractivity contribution >= 4 is 5.95 Å². The Balaban J connectivity index is 1.87. The van der Waals surface area contributed by atoms with Crippen LogP contribution < -0.4 is 11.3 Å². The van der Waals surface area contributed by atoms with E-state index in [-0.39, 0.29) is 11.5 Å². The minimum absolute atomic E-state index is 0.0569. The predicted molar refractivity (Wildman–Crippen MR) is 65.6 cm³/mol. The van der Waals surface area contributed by atoms with Gasteiger partial charge in [-0.1, -0.05) is 12.8 Å². The van der Waals surface area contributed by atoms with Crippen LogP contribution in [-0.2, 0) is 13.0 Å². The third-order valence-corrected chi connectivity index (χ3v) is 3.96. The molecule has 1 aromatic heterocycles. The van der Waals surface area contributed by atoms with Gasteiger partial charge in [0.25, 0.3) is 5.56 Å². The van der Waals surface area contributed by atoms with Gasteiger partial charge < -0.3 is 5.73 Å². The van der Waals surface area contributed by atoms with Crippen molar-refractivity contribution in [2.24, 2.45) is 0 Å². The number of aromatic nitrogens is 2. The zero-order valence-electron chi connectivity index (χ0n) is 9.91. The van der Waals surface area contributed by atoms with Crippen molar-refractivity contribution in [2.75, 3.05) is 12.3 Å². The third kappa shape index (κ3) is 1.95. The van der Waals surface area contributed by atoms with Crippen molar-refractivity contribution in [2.45, 2.75) is 44.7 Å². The van der Waals surface area contributed by atoms with Gasteiger partial charge in [0.15, 0.2) is 0 Å². The number of nitrogen functional groups attached to an aromatic ring is 1. The topological polar surface area (TPSA) is 75.0 Å². The first-order chi connectivity index (χ1) is 8.24. The molecule has 2 heterocycles. The van der Waals surface area contributed by atoms with Gasteiger partial charge in [0.05, 0.1) is 5.69 Å². The fourth-order valence-corrected chi connectivity index (χ4v) is 3.06. The van der Waals surface area contributed by atoms with Crippen LogP contribution in [-0.4, -0.2) is 27.5 Å². The molecule has 3 rings (SSSR count). The number of H-pyrrole nitrogens is 1. The Morgan fingerprint density at radius 1 is 1.35 bits per heavy atom. The summed E-state index contributed by atoms with van der Waals surface area (Å²) in [6.07, 6.45) is 6.04. The summed E-state index contributed by atoms with van der Waals surface area (Å²) in [4.78, 5) is 21.0.